The second-order valence-corrected chi connectivity index (χ2v) is 8.49. The summed E-state index contributed by atoms with van der Waals surface area (Å²) in [5, 5.41) is 14.4. The van der Waals surface area contributed by atoms with E-state index in [1.807, 2.05) is 43.9 Å². The van der Waals surface area contributed by atoms with Gasteiger partial charge >= 0.3 is 6.09 Å². The van der Waals surface area contributed by atoms with Crippen molar-refractivity contribution in [1.82, 2.24) is 10.2 Å². The molecule has 2 bridgehead atoms. The summed E-state index contributed by atoms with van der Waals surface area (Å²) in [7, 11) is 0. The van der Waals surface area contributed by atoms with Crippen LogP contribution in [0.3, 0.4) is 0 Å². The van der Waals surface area contributed by atoms with Gasteiger partial charge in [0.2, 0.25) is 0 Å². The molecule has 1 amide bonds. The number of hydrogen-bond donors (Lipinski definition) is 2. The van der Waals surface area contributed by atoms with Crippen LogP contribution in [0.1, 0.15) is 52.0 Å². The summed E-state index contributed by atoms with van der Waals surface area (Å²) in [6.07, 6.45) is 2.89. The number of benzene rings is 1. The maximum absolute atomic E-state index is 12.5. The van der Waals surface area contributed by atoms with E-state index in [0.717, 1.165) is 19.4 Å². The summed E-state index contributed by atoms with van der Waals surface area (Å²) in [6.45, 7) is 6.97. The Labute approximate surface area is 150 Å². The van der Waals surface area contributed by atoms with Crippen LogP contribution in [0.2, 0.25) is 0 Å². The molecule has 2 heterocycles. The molecule has 1 aromatic rings. The Balaban J connectivity index is 1.56. The van der Waals surface area contributed by atoms with E-state index < -0.39 is 11.2 Å². The first kappa shape index (κ1) is 18.2. The molecule has 25 heavy (non-hydrogen) atoms. The van der Waals surface area contributed by atoms with E-state index in [-0.39, 0.29) is 18.2 Å². The minimum Gasteiger partial charge on any atom is -0.444 e. The van der Waals surface area contributed by atoms with Crippen LogP contribution in [0.4, 0.5) is 4.79 Å². The molecule has 3 rings (SSSR count). The Morgan fingerprint density at radius 2 is 1.84 bits per heavy atom. The first-order valence-corrected chi connectivity index (χ1v) is 9.24. The lowest BCUT2D eigenvalue weighted by atomic mass is 9.86. The Morgan fingerprint density at radius 1 is 1.24 bits per heavy atom. The zero-order valence-electron chi connectivity index (χ0n) is 15.5. The molecule has 5 nitrogen and oxygen atoms in total. The highest BCUT2D eigenvalue weighted by molar-refractivity contribution is 5.69. The van der Waals surface area contributed by atoms with Gasteiger partial charge in [0.25, 0.3) is 0 Å². The molecule has 0 unspecified atom stereocenters. The van der Waals surface area contributed by atoms with Crippen LogP contribution in [-0.2, 0) is 11.3 Å². The average molecular weight is 346 g/mol. The van der Waals surface area contributed by atoms with Crippen molar-refractivity contribution in [3.05, 3.63) is 35.9 Å². The molecule has 0 aliphatic carbocycles. The Bertz CT molecular complexity index is 583. The highest BCUT2D eigenvalue weighted by atomic mass is 16.6. The zero-order valence-corrected chi connectivity index (χ0v) is 15.5. The molecule has 0 spiro atoms. The lowest BCUT2D eigenvalue weighted by molar-refractivity contribution is -0.0572. The minimum atomic E-state index is -0.751. The smallest absolute Gasteiger partial charge is 0.410 e. The molecule has 0 radical (unpaired) electrons. The molecular weight excluding hydrogens is 316 g/mol. The van der Waals surface area contributed by atoms with Gasteiger partial charge in [0, 0.05) is 25.2 Å². The van der Waals surface area contributed by atoms with E-state index in [2.05, 4.69) is 17.4 Å². The van der Waals surface area contributed by atoms with Crippen LogP contribution in [0, 0.1) is 0 Å². The number of carbonyl (C=O) groups is 1. The number of nitrogens with one attached hydrogen (secondary N) is 1. The lowest BCUT2D eigenvalue weighted by Gasteiger charge is -2.44. The van der Waals surface area contributed by atoms with Crippen molar-refractivity contribution in [1.29, 1.82) is 0 Å². The predicted molar refractivity (Wildman–Crippen MR) is 97.2 cm³/mol. The number of amides is 1. The average Bonchev–Trinajstić information content (AvgIpc) is 2.80. The van der Waals surface area contributed by atoms with Crippen molar-refractivity contribution >= 4 is 6.09 Å². The summed E-state index contributed by atoms with van der Waals surface area (Å²) in [4.78, 5) is 14.4. The van der Waals surface area contributed by atoms with Crippen molar-refractivity contribution in [2.45, 2.75) is 76.3 Å². The fraction of sp³-hybridized carbons (Fsp3) is 0.650. The minimum absolute atomic E-state index is 0.0807. The molecule has 2 atom stereocenters. The third-order valence-corrected chi connectivity index (χ3v) is 5.08. The van der Waals surface area contributed by atoms with E-state index >= 15 is 0 Å². The molecule has 2 fully saturated rings. The number of ether oxygens (including phenoxy) is 1. The number of carbonyl (C=O) groups excluding carboxylic acids is 1. The van der Waals surface area contributed by atoms with Crippen molar-refractivity contribution in [2.75, 3.05) is 6.54 Å². The summed E-state index contributed by atoms with van der Waals surface area (Å²) in [5.41, 5.74) is -0.0269. The van der Waals surface area contributed by atoms with E-state index in [9.17, 15) is 9.90 Å². The van der Waals surface area contributed by atoms with Crippen LogP contribution < -0.4 is 5.32 Å². The molecule has 0 saturated carbocycles. The molecule has 138 valence electrons. The topological polar surface area (TPSA) is 61.8 Å². The highest BCUT2D eigenvalue weighted by Crippen LogP contribution is 2.41. The first-order chi connectivity index (χ1) is 11.8. The maximum atomic E-state index is 12.5. The van der Waals surface area contributed by atoms with E-state index in [0.29, 0.717) is 19.4 Å². The number of rotatable bonds is 4. The van der Waals surface area contributed by atoms with E-state index in [1.54, 1.807) is 0 Å². The van der Waals surface area contributed by atoms with Crippen LogP contribution in [0.25, 0.3) is 0 Å². The summed E-state index contributed by atoms with van der Waals surface area (Å²) < 4.78 is 5.55. The monoisotopic (exact) mass is 346 g/mol. The normalized spacial score (nSPS) is 28.9. The molecule has 2 saturated heterocycles. The van der Waals surface area contributed by atoms with Gasteiger partial charge in [0.05, 0.1) is 5.60 Å². The number of fused-ring (bicyclic) bond motifs is 2. The van der Waals surface area contributed by atoms with Crippen LogP contribution in [0.15, 0.2) is 30.3 Å². The molecule has 1 aromatic carbocycles. The van der Waals surface area contributed by atoms with Gasteiger partial charge in [-0.15, -0.1) is 0 Å². The summed E-state index contributed by atoms with van der Waals surface area (Å²) in [5.74, 6) is 0. The second kappa shape index (κ2) is 6.96. The SMILES string of the molecule is CC(C)(C)OC(=O)N1[C@H]2CC[C@H]1CC(O)(CNCc1ccccc1)C2. The molecular formula is C20H30N2O3. The van der Waals surface area contributed by atoms with E-state index in [4.69, 9.17) is 4.74 Å². The zero-order chi connectivity index (χ0) is 18.1. The van der Waals surface area contributed by atoms with Crippen LogP contribution >= 0.6 is 0 Å². The molecule has 2 N–H and O–H groups in total. The standard InChI is InChI=1S/C20H30N2O3/c1-19(2,3)25-18(23)22-16-9-10-17(22)12-20(24,11-16)14-21-13-15-7-5-4-6-8-15/h4-8,16-17,21,24H,9-14H2,1-3H3/t16-,17-/m0/s1. The fourth-order valence-electron chi connectivity index (χ4n) is 4.11. The lowest BCUT2D eigenvalue weighted by Crippen LogP contribution is -2.57. The summed E-state index contributed by atoms with van der Waals surface area (Å²) >= 11 is 0. The van der Waals surface area contributed by atoms with Gasteiger partial charge in [0.15, 0.2) is 0 Å². The van der Waals surface area contributed by atoms with Gasteiger partial charge in [0.1, 0.15) is 5.60 Å². The number of nitrogens with zero attached hydrogens (tertiary/aromatic N) is 1. The molecule has 5 heteroatoms. The number of aliphatic hydroxyl groups is 1. The van der Waals surface area contributed by atoms with Crippen molar-refractivity contribution < 1.29 is 14.6 Å². The van der Waals surface area contributed by atoms with Crippen molar-refractivity contribution in [3.8, 4) is 0 Å². The molecule has 2 aliphatic heterocycles. The molecule has 2 aliphatic rings. The largest absolute Gasteiger partial charge is 0.444 e. The Morgan fingerprint density at radius 3 is 2.40 bits per heavy atom. The third-order valence-electron chi connectivity index (χ3n) is 5.08. The highest BCUT2D eigenvalue weighted by Gasteiger charge is 2.50. The Kier molecular flexibility index (Phi) is 5.07. The fourth-order valence-corrected chi connectivity index (χ4v) is 4.11. The second-order valence-electron chi connectivity index (χ2n) is 8.49. The first-order valence-electron chi connectivity index (χ1n) is 9.24. The number of piperidine rings is 1. The van der Waals surface area contributed by atoms with Gasteiger partial charge in [-0.2, -0.15) is 0 Å². The predicted octanol–water partition coefficient (Wildman–Crippen LogP) is 3.07. The summed E-state index contributed by atoms with van der Waals surface area (Å²) in [6, 6.07) is 10.4. The Hall–Kier alpha value is -1.59. The van der Waals surface area contributed by atoms with Gasteiger partial charge in [-0.25, -0.2) is 4.79 Å². The quantitative estimate of drug-likeness (QED) is 0.879. The van der Waals surface area contributed by atoms with E-state index in [1.165, 1.54) is 5.56 Å². The maximum Gasteiger partial charge on any atom is 0.410 e. The van der Waals surface area contributed by atoms with Gasteiger partial charge in [-0.05, 0) is 52.0 Å². The number of hydrogen-bond acceptors (Lipinski definition) is 4. The van der Waals surface area contributed by atoms with Gasteiger partial charge in [-0.1, -0.05) is 30.3 Å². The van der Waals surface area contributed by atoms with Crippen molar-refractivity contribution in [3.63, 3.8) is 0 Å². The van der Waals surface area contributed by atoms with Gasteiger partial charge < -0.3 is 20.1 Å². The van der Waals surface area contributed by atoms with Crippen molar-refractivity contribution in [2.24, 2.45) is 0 Å². The third kappa shape index (κ3) is 4.53. The van der Waals surface area contributed by atoms with Crippen LogP contribution in [0.5, 0.6) is 0 Å². The van der Waals surface area contributed by atoms with Gasteiger partial charge in [-0.3, -0.25) is 0 Å². The molecule has 0 aromatic heterocycles. The van der Waals surface area contributed by atoms with Crippen LogP contribution in [-0.4, -0.2) is 45.9 Å².